The van der Waals surface area contributed by atoms with Crippen LogP contribution >= 0.6 is 11.6 Å². The van der Waals surface area contributed by atoms with Gasteiger partial charge in [0, 0.05) is 24.9 Å². The molecule has 1 heterocycles. The Kier molecular flexibility index (Phi) is 3.96. The van der Waals surface area contributed by atoms with E-state index in [0.29, 0.717) is 11.7 Å². The number of aryl methyl sites for hydroxylation is 1. The molecule has 6 heteroatoms. The van der Waals surface area contributed by atoms with Gasteiger partial charge in [0.2, 0.25) is 11.8 Å². The molecule has 1 N–H and O–H groups in total. The molecule has 0 aliphatic rings. The second-order valence-electron chi connectivity index (χ2n) is 3.24. The number of ether oxygens (including phenoxy) is 1. The molecular weight excluding hydrogens is 218 g/mol. The average molecular weight is 232 g/mol. The van der Waals surface area contributed by atoms with Gasteiger partial charge in [-0.1, -0.05) is 6.92 Å². The summed E-state index contributed by atoms with van der Waals surface area (Å²) in [6.45, 7) is 1.75. The van der Waals surface area contributed by atoms with Crippen molar-refractivity contribution in [1.82, 2.24) is 9.78 Å². The SMILES string of the molecule is COc1cc(NC(=O)C(C)CCl)nn1C. The molecule has 1 aromatic heterocycles. The molecule has 84 valence electrons. The number of methoxy groups -OCH3 is 1. The van der Waals surface area contributed by atoms with Crippen LogP contribution in [0, 0.1) is 5.92 Å². The maximum Gasteiger partial charge on any atom is 0.229 e. The number of aromatic nitrogens is 2. The molecule has 0 saturated heterocycles. The Morgan fingerprint density at radius 2 is 2.47 bits per heavy atom. The van der Waals surface area contributed by atoms with E-state index >= 15 is 0 Å². The molecule has 0 aliphatic heterocycles. The Labute approximate surface area is 93.4 Å². The molecule has 15 heavy (non-hydrogen) atoms. The predicted octanol–water partition coefficient (Wildman–Crippen LogP) is 1.24. The highest BCUT2D eigenvalue weighted by molar-refractivity contribution is 6.19. The average Bonchev–Trinajstić information content (AvgIpc) is 2.57. The van der Waals surface area contributed by atoms with Gasteiger partial charge in [-0.2, -0.15) is 5.10 Å². The van der Waals surface area contributed by atoms with E-state index in [2.05, 4.69) is 10.4 Å². The van der Waals surface area contributed by atoms with Gasteiger partial charge in [-0.15, -0.1) is 11.6 Å². The molecule has 0 radical (unpaired) electrons. The second-order valence-corrected chi connectivity index (χ2v) is 3.55. The summed E-state index contributed by atoms with van der Waals surface area (Å²) in [5, 5.41) is 6.71. The number of anilines is 1. The fourth-order valence-corrected chi connectivity index (χ4v) is 1.16. The third-order valence-corrected chi connectivity index (χ3v) is 2.44. The molecule has 1 rings (SSSR count). The fourth-order valence-electron chi connectivity index (χ4n) is 1.02. The van der Waals surface area contributed by atoms with Crippen molar-refractivity contribution in [1.29, 1.82) is 0 Å². The van der Waals surface area contributed by atoms with Crippen molar-refractivity contribution in [2.45, 2.75) is 6.92 Å². The topological polar surface area (TPSA) is 56.1 Å². The van der Waals surface area contributed by atoms with E-state index < -0.39 is 0 Å². The first-order chi connectivity index (χ1) is 7.08. The summed E-state index contributed by atoms with van der Waals surface area (Å²) in [5.41, 5.74) is 0. The first-order valence-corrected chi connectivity index (χ1v) is 5.06. The van der Waals surface area contributed by atoms with Crippen molar-refractivity contribution in [2.75, 3.05) is 18.3 Å². The fraction of sp³-hybridized carbons (Fsp3) is 0.556. The number of carbonyl (C=O) groups is 1. The number of rotatable bonds is 4. The summed E-state index contributed by atoms with van der Waals surface area (Å²) in [5.74, 6) is 0.959. The zero-order valence-electron chi connectivity index (χ0n) is 8.95. The van der Waals surface area contributed by atoms with Gasteiger partial charge in [0.25, 0.3) is 0 Å². The van der Waals surface area contributed by atoms with Gasteiger partial charge in [0.05, 0.1) is 7.11 Å². The summed E-state index contributed by atoms with van der Waals surface area (Å²) >= 11 is 5.57. The molecule has 0 aromatic carbocycles. The number of alkyl halides is 1. The van der Waals surface area contributed by atoms with Crippen LogP contribution < -0.4 is 10.1 Å². The molecule has 0 fully saturated rings. The third-order valence-electron chi connectivity index (χ3n) is 1.98. The maximum atomic E-state index is 11.5. The Morgan fingerprint density at radius 1 is 1.80 bits per heavy atom. The normalized spacial score (nSPS) is 12.3. The largest absolute Gasteiger partial charge is 0.481 e. The maximum absolute atomic E-state index is 11.5. The standard InChI is InChI=1S/C9H14ClN3O2/c1-6(5-10)9(14)11-7-4-8(15-3)13(2)12-7/h4,6H,5H2,1-3H3,(H,11,12,14). The van der Waals surface area contributed by atoms with Crippen LogP contribution in [0.2, 0.25) is 0 Å². The van der Waals surface area contributed by atoms with E-state index in [9.17, 15) is 4.79 Å². The Balaban J connectivity index is 2.68. The van der Waals surface area contributed by atoms with Crippen molar-refractivity contribution in [2.24, 2.45) is 13.0 Å². The van der Waals surface area contributed by atoms with Crippen LogP contribution in [-0.2, 0) is 11.8 Å². The van der Waals surface area contributed by atoms with Gasteiger partial charge in [0.15, 0.2) is 5.82 Å². The van der Waals surface area contributed by atoms with Crippen molar-refractivity contribution < 1.29 is 9.53 Å². The van der Waals surface area contributed by atoms with Gasteiger partial charge >= 0.3 is 0 Å². The minimum Gasteiger partial charge on any atom is -0.481 e. The number of hydrogen-bond donors (Lipinski definition) is 1. The molecule has 0 saturated carbocycles. The van der Waals surface area contributed by atoms with Crippen LogP contribution in [0.15, 0.2) is 6.07 Å². The third kappa shape index (κ3) is 2.86. The van der Waals surface area contributed by atoms with Crippen molar-refractivity contribution in [3.05, 3.63) is 6.07 Å². The van der Waals surface area contributed by atoms with Gasteiger partial charge in [-0.05, 0) is 0 Å². The van der Waals surface area contributed by atoms with E-state index in [-0.39, 0.29) is 17.7 Å². The molecule has 1 amide bonds. The molecule has 0 spiro atoms. The molecule has 0 aliphatic carbocycles. The lowest BCUT2D eigenvalue weighted by Gasteiger charge is -2.05. The molecular formula is C9H14ClN3O2. The Bertz CT molecular complexity index is 351. The lowest BCUT2D eigenvalue weighted by atomic mass is 10.2. The number of hydrogen-bond acceptors (Lipinski definition) is 3. The minimum atomic E-state index is -0.236. The van der Waals surface area contributed by atoms with Crippen LogP contribution in [-0.4, -0.2) is 28.7 Å². The van der Waals surface area contributed by atoms with E-state index in [0.717, 1.165) is 0 Å². The van der Waals surface area contributed by atoms with E-state index in [1.807, 2.05) is 0 Å². The first-order valence-electron chi connectivity index (χ1n) is 4.53. The van der Waals surface area contributed by atoms with Gasteiger partial charge in [-0.25, -0.2) is 4.68 Å². The summed E-state index contributed by atoms with van der Waals surface area (Å²) in [6.07, 6.45) is 0. The number of nitrogens with one attached hydrogen (secondary N) is 1. The number of nitrogens with zero attached hydrogens (tertiary/aromatic N) is 2. The van der Waals surface area contributed by atoms with Crippen LogP contribution in [0.3, 0.4) is 0 Å². The Morgan fingerprint density at radius 3 is 2.93 bits per heavy atom. The lowest BCUT2D eigenvalue weighted by molar-refractivity contribution is -0.118. The zero-order chi connectivity index (χ0) is 11.4. The number of halogens is 1. The lowest BCUT2D eigenvalue weighted by Crippen LogP contribution is -2.21. The minimum absolute atomic E-state index is 0.147. The summed E-state index contributed by atoms with van der Waals surface area (Å²) < 4.78 is 6.56. The zero-order valence-corrected chi connectivity index (χ0v) is 9.71. The number of carbonyl (C=O) groups excluding carboxylic acids is 1. The quantitative estimate of drug-likeness (QED) is 0.794. The van der Waals surface area contributed by atoms with Crippen molar-refractivity contribution in [3.8, 4) is 5.88 Å². The van der Waals surface area contributed by atoms with Gasteiger partial charge < -0.3 is 10.1 Å². The molecule has 5 nitrogen and oxygen atoms in total. The molecule has 1 atom stereocenters. The number of amides is 1. The van der Waals surface area contributed by atoms with E-state index in [1.54, 1.807) is 31.8 Å². The predicted molar refractivity (Wildman–Crippen MR) is 58.3 cm³/mol. The summed E-state index contributed by atoms with van der Waals surface area (Å²) in [4.78, 5) is 11.5. The van der Waals surface area contributed by atoms with Crippen molar-refractivity contribution >= 4 is 23.3 Å². The highest BCUT2D eigenvalue weighted by Crippen LogP contribution is 2.15. The molecule has 1 unspecified atom stereocenters. The van der Waals surface area contributed by atoms with Crippen molar-refractivity contribution in [3.63, 3.8) is 0 Å². The van der Waals surface area contributed by atoms with Crippen LogP contribution in [0.25, 0.3) is 0 Å². The van der Waals surface area contributed by atoms with Crippen LogP contribution in [0.5, 0.6) is 5.88 Å². The molecule has 1 aromatic rings. The van der Waals surface area contributed by atoms with E-state index in [1.165, 1.54) is 0 Å². The highest BCUT2D eigenvalue weighted by atomic mass is 35.5. The van der Waals surface area contributed by atoms with Gasteiger partial charge in [0.1, 0.15) is 0 Å². The first kappa shape index (κ1) is 11.8. The smallest absolute Gasteiger partial charge is 0.229 e. The monoisotopic (exact) mass is 231 g/mol. The Hall–Kier alpha value is -1.23. The summed E-state index contributed by atoms with van der Waals surface area (Å²) in [7, 11) is 3.28. The summed E-state index contributed by atoms with van der Waals surface area (Å²) in [6, 6.07) is 1.65. The van der Waals surface area contributed by atoms with Gasteiger partial charge in [-0.3, -0.25) is 4.79 Å². The highest BCUT2D eigenvalue weighted by Gasteiger charge is 2.14. The second kappa shape index (κ2) is 5.02. The van der Waals surface area contributed by atoms with E-state index in [4.69, 9.17) is 16.3 Å². The molecule has 0 bridgehead atoms. The van der Waals surface area contributed by atoms with Crippen LogP contribution in [0.1, 0.15) is 6.92 Å². The van der Waals surface area contributed by atoms with Crippen LogP contribution in [0.4, 0.5) is 5.82 Å².